The zero-order chi connectivity index (χ0) is 21.0. The highest BCUT2D eigenvalue weighted by Gasteiger charge is 2.56. The van der Waals surface area contributed by atoms with Crippen molar-refractivity contribution in [3.63, 3.8) is 0 Å². The highest BCUT2D eigenvalue weighted by Crippen LogP contribution is 2.55. The topological polar surface area (TPSA) is 72.9 Å². The Balaban J connectivity index is 2.00. The van der Waals surface area contributed by atoms with E-state index >= 15 is 0 Å². The Morgan fingerprint density at radius 1 is 1.38 bits per heavy atom. The van der Waals surface area contributed by atoms with Crippen LogP contribution in [0.2, 0.25) is 0 Å². The van der Waals surface area contributed by atoms with Gasteiger partial charge in [-0.05, 0) is 50.9 Å². The highest BCUT2D eigenvalue weighted by atomic mass is 16.5. The molecule has 3 rings (SSSR count). The normalized spacial score (nSPS) is 31.8. The number of carbonyl (C=O) groups is 3. The van der Waals surface area contributed by atoms with E-state index in [1.807, 2.05) is 17.1 Å². The number of amides is 1. The van der Waals surface area contributed by atoms with Crippen LogP contribution in [0.5, 0.6) is 0 Å². The number of rotatable bonds is 7. The van der Waals surface area contributed by atoms with E-state index in [9.17, 15) is 14.4 Å². The first-order chi connectivity index (χ1) is 14.0. The molecule has 2 fully saturated rings. The summed E-state index contributed by atoms with van der Waals surface area (Å²) in [5.41, 5.74) is 0.220. The zero-order valence-electron chi connectivity index (χ0n) is 17.7. The second-order valence-electron chi connectivity index (χ2n) is 8.48. The molecule has 3 aliphatic rings. The van der Waals surface area contributed by atoms with Crippen LogP contribution in [0.15, 0.2) is 24.3 Å². The molecule has 0 bridgehead atoms. The summed E-state index contributed by atoms with van der Waals surface area (Å²) in [6.07, 6.45) is 8.89. The van der Waals surface area contributed by atoms with Gasteiger partial charge >= 0.3 is 5.97 Å². The monoisotopic (exact) mass is 403 g/mol. The molecule has 1 saturated carbocycles. The first-order valence-corrected chi connectivity index (χ1v) is 10.8. The zero-order valence-corrected chi connectivity index (χ0v) is 17.7. The standard InChI is InChI=1S/C23H33NO5/c1-4-11-23-12-6-9-17(22(27)29-5-2)20(23)19(18(25)10-13-23)21(26)24-14-7-8-16(24)15-28-3/h4,9,16,19-20H,1,5-8,10-15H2,2-3H3/t16-,19?,20-,23+/m0/s1. The molecule has 6 nitrogen and oxygen atoms in total. The maximum absolute atomic E-state index is 13.7. The maximum atomic E-state index is 13.7. The van der Waals surface area contributed by atoms with Crippen molar-refractivity contribution >= 4 is 17.7 Å². The van der Waals surface area contributed by atoms with Crippen molar-refractivity contribution in [2.45, 2.75) is 57.9 Å². The SMILES string of the molecule is C=CC[C@]12CCC=C(C(=O)OCC)[C@H]1C(C(=O)N1CCC[C@H]1COC)C(=O)CC2. The van der Waals surface area contributed by atoms with Gasteiger partial charge in [-0.1, -0.05) is 12.2 Å². The lowest BCUT2D eigenvalue weighted by Gasteiger charge is -2.50. The number of likely N-dealkylation sites (tertiary alicyclic amines) is 1. The van der Waals surface area contributed by atoms with Crippen molar-refractivity contribution < 1.29 is 23.9 Å². The number of hydrogen-bond donors (Lipinski definition) is 0. The minimum atomic E-state index is -0.822. The van der Waals surface area contributed by atoms with Gasteiger partial charge in [0.2, 0.25) is 5.91 Å². The summed E-state index contributed by atoms with van der Waals surface area (Å²) in [4.78, 5) is 41.4. The molecule has 0 aromatic carbocycles. The Labute approximate surface area is 173 Å². The highest BCUT2D eigenvalue weighted by molar-refractivity contribution is 6.05. The van der Waals surface area contributed by atoms with E-state index in [1.165, 1.54) is 0 Å². The van der Waals surface area contributed by atoms with Crippen LogP contribution in [0.1, 0.15) is 51.9 Å². The van der Waals surface area contributed by atoms with Crippen LogP contribution >= 0.6 is 0 Å². The predicted octanol–water partition coefficient (Wildman–Crippen LogP) is 3.06. The van der Waals surface area contributed by atoms with Gasteiger partial charge in [-0.15, -0.1) is 6.58 Å². The summed E-state index contributed by atoms with van der Waals surface area (Å²) in [7, 11) is 1.63. The first kappa shape index (κ1) is 21.8. The lowest BCUT2D eigenvalue weighted by Crippen LogP contribution is -2.54. The molecule has 0 aromatic rings. The summed E-state index contributed by atoms with van der Waals surface area (Å²) >= 11 is 0. The quantitative estimate of drug-likeness (QED) is 0.371. The van der Waals surface area contributed by atoms with E-state index in [4.69, 9.17) is 9.47 Å². The average Bonchev–Trinajstić information content (AvgIpc) is 3.16. The molecular formula is C23H33NO5. The Bertz CT molecular complexity index is 699. The number of Topliss-reactive ketones (excluding diaryl/α,β-unsaturated/α-hetero) is 1. The third-order valence-electron chi connectivity index (χ3n) is 6.90. The van der Waals surface area contributed by atoms with Crippen molar-refractivity contribution in [2.75, 3.05) is 26.9 Å². The average molecular weight is 404 g/mol. The number of fused-ring (bicyclic) bond motifs is 1. The number of ketones is 1. The Morgan fingerprint density at radius 2 is 2.17 bits per heavy atom. The van der Waals surface area contributed by atoms with Gasteiger partial charge in [-0.2, -0.15) is 0 Å². The van der Waals surface area contributed by atoms with Crippen LogP contribution in [0, 0.1) is 17.3 Å². The molecule has 1 amide bonds. The lowest BCUT2D eigenvalue weighted by molar-refractivity contribution is -0.152. The molecular weight excluding hydrogens is 370 g/mol. The summed E-state index contributed by atoms with van der Waals surface area (Å²) < 4.78 is 10.6. The maximum Gasteiger partial charge on any atom is 0.334 e. The smallest absolute Gasteiger partial charge is 0.334 e. The molecule has 4 atom stereocenters. The van der Waals surface area contributed by atoms with Gasteiger partial charge in [0.25, 0.3) is 0 Å². The van der Waals surface area contributed by atoms with Crippen molar-refractivity contribution in [2.24, 2.45) is 17.3 Å². The fourth-order valence-corrected chi connectivity index (χ4v) is 5.65. The van der Waals surface area contributed by atoms with Crippen LogP contribution in [0.3, 0.4) is 0 Å². The Hall–Kier alpha value is -1.95. The predicted molar refractivity (Wildman–Crippen MR) is 109 cm³/mol. The molecule has 1 aliphatic heterocycles. The van der Waals surface area contributed by atoms with Gasteiger partial charge in [0, 0.05) is 31.6 Å². The second kappa shape index (κ2) is 9.24. The minimum absolute atomic E-state index is 0.00496. The van der Waals surface area contributed by atoms with Crippen molar-refractivity contribution in [1.82, 2.24) is 4.90 Å². The molecule has 29 heavy (non-hydrogen) atoms. The minimum Gasteiger partial charge on any atom is -0.463 e. The van der Waals surface area contributed by atoms with Gasteiger partial charge < -0.3 is 14.4 Å². The fourth-order valence-electron chi connectivity index (χ4n) is 5.65. The second-order valence-corrected chi connectivity index (χ2v) is 8.48. The summed E-state index contributed by atoms with van der Waals surface area (Å²) in [5, 5.41) is 0. The first-order valence-electron chi connectivity index (χ1n) is 10.8. The molecule has 160 valence electrons. The van der Waals surface area contributed by atoms with Gasteiger partial charge in [0.05, 0.1) is 19.3 Å². The van der Waals surface area contributed by atoms with E-state index in [1.54, 1.807) is 14.0 Å². The molecule has 0 aromatic heterocycles. The van der Waals surface area contributed by atoms with Gasteiger partial charge in [-0.25, -0.2) is 4.79 Å². The van der Waals surface area contributed by atoms with E-state index in [-0.39, 0.29) is 29.8 Å². The summed E-state index contributed by atoms with van der Waals surface area (Å²) in [6, 6.07) is -0.00496. The summed E-state index contributed by atoms with van der Waals surface area (Å²) in [6.45, 7) is 7.06. The summed E-state index contributed by atoms with van der Waals surface area (Å²) in [5.74, 6) is -1.86. The lowest BCUT2D eigenvalue weighted by atomic mass is 9.53. The number of ether oxygens (including phenoxy) is 2. The molecule has 6 heteroatoms. The number of esters is 1. The van der Waals surface area contributed by atoms with E-state index < -0.39 is 17.8 Å². The van der Waals surface area contributed by atoms with Crippen LogP contribution in [0.25, 0.3) is 0 Å². The van der Waals surface area contributed by atoms with Gasteiger partial charge in [0.1, 0.15) is 11.7 Å². The van der Waals surface area contributed by atoms with Crippen LogP contribution in [-0.4, -0.2) is 55.5 Å². The van der Waals surface area contributed by atoms with Crippen molar-refractivity contribution in [3.8, 4) is 0 Å². The molecule has 0 N–H and O–H groups in total. The third-order valence-corrected chi connectivity index (χ3v) is 6.90. The van der Waals surface area contributed by atoms with Crippen LogP contribution in [0.4, 0.5) is 0 Å². The van der Waals surface area contributed by atoms with E-state index in [0.717, 1.165) is 25.7 Å². The van der Waals surface area contributed by atoms with Crippen molar-refractivity contribution in [1.29, 1.82) is 0 Å². The Kier molecular flexibility index (Phi) is 6.93. The van der Waals surface area contributed by atoms with Gasteiger partial charge in [-0.3, -0.25) is 9.59 Å². The molecule has 2 aliphatic carbocycles. The molecule has 1 saturated heterocycles. The molecule has 1 unspecified atom stereocenters. The Morgan fingerprint density at radius 3 is 2.86 bits per heavy atom. The number of hydrogen-bond acceptors (Lipinski definition) is 5. The van der Waals surface area contributed by atoms with Crippen LogP contribution in [-0.2, 0) is 23.9 Å². The molecule has 0 radical (unpaired) electrons. The molecule has 1 heterocycles. The van der Waals surface area contributed by atoms with Crippen LogP contribution < -0.4 is 0 Å². The number of carbonyl (C=O) groups excluding carboxylic acids is 3. The number of methoxy groups -OCH3 is 1. The molecule has 0 spiro atoms. The number of nitrogens with zero attached hydrogens (tertiary/aromatic N) is 1. The van der Waals surface area contributed by atoms with Crippen molar-refractivity contribution in [3.05, 3.63) is 24.3 Å². The van der Waals surface area contributed by atoms with Gasteiger partial charge in [0.15, 0.2) is 0 Å². The fraction of sp³-hybridized carbons (Fsp3) is 0.696. The van der Waals surface area contributed by atoms with E-state index in [2.05, 4.69) is 6.58 Å². The largest absolute Gasteiger partial charge is 0.463 e. The number of allylic oxidation sites excluding steroid dienone is 2. The third kappa shape index (κ3) is 4.04. The van der Waals surface area contributed by atoms with E-state index in [0.29, 0.717) is 38.0 Å².